The molecule has 3 rings (SSSR count). The first-order valence-corrected chi connectivity index (χ1v) is 10.6. The second-order valence-corrected chi connectivity index (χ2v) is 8.36. The molecular weight excluding hydrogens is 396 g/mol. The number of carbonyl (C=O) groups is 1. The minimum atomic E-state index is -3.75. The summed E-state index contributed by atoms with van der Waals surface area (Å²) in [6, 6.07) is 11.8. The van der Waals surface area contributed by atoms with Gasteiger partial charge >= 0.3 is 0 Å². The van der Waals surface area contributed by atoms with Crippen molar-refractivity contribution in [1.82, 2.24) is 4.31 Å². The molecule has 1 aliphatic heterocycles. The van der Waals surface area contributed by atoms with Crippen LogP contribution in [-0.4, -0.2) is 59.2 Å². The van der Waals surface area contributed by atoms with Crippen molar-refractivity contribution < 1.29 is 27.4 Å². The van der Waals surface area contributed by atoms with Gasteiger partial charge in [0.15, 0.2) is 0 Å². The Hall–Kier alpha value is -2.62. The number of amides is 1. The third-order valence-electron chi connectivity index (χ3n) is 4.53. The molecule has 1 saturated heterocycles. The Labute approximate surface area is 170 Å². The maximum Gasteiger partial charge on any atom is 0.246 e. The van der Waals surface area contributed by atoms with Gasteiger partial charge in [-0.25, -0.2) is 8.42 Å². The van der Waals surface area contributed by atoms with Crippen molar-refractivity contribution in [2.24, 2.45) is 0 Å². The summed E-state index contributed by atoms with van der Waals surface area (Å²) in [5.41, 5.74) is 1.17. The van der Waals surface area contributed by atoms with Gasteiger partial charge < -0.3 is 19.5 Å². The first-order valence-electron chi connectivity index (χ1n) is 9.13. The SMILES string of the molecule is COc1cccc(NC(=O)Cc2ccc(OC)c(S(=O)(=O)N3CCOCC3)c2)c1. The first-order chi connectivity index (χ1) is 13.9. The quantitative estimate of drug-likeness (QED) is 0.735. The number of methoxy groups -OCH3 is 2. The summed E-state index contributed by atoms with van der Waals surface area (Å²) in [6.45, 7) is 1.27. The zero-order chi connectivity index (χ0) is 20.9. The molecule has 0 atom stereocenters. The van der Waals surface area contributed by atoms with Crippen molar-refractivity contribution in [3.05, 3.63) is 48.0 Å². The number of nitrogens with one attached hydrogen (secondary N) is 1. The fourth-order valence-corrected chi connectivity index (χ4v) is 4.66. The van der Waals surface area contributed by atoms with E-state index in [2.05, 4.69) is 5.32 Å². The van der Waals surface area contributed by atoms with Crippen molar-refractivity contribution in [2.75, 3.05) is 45.8 Å². The number of rotatable bonds is 7. The Morgan fingerprint density at radius 3 is 2.55 bits per heavy atom. The highest BCUT2D eigenvalue weighted by molar-refractivity contribution is 7.89. The van der Waals surface area contributed by atoms with Crippen molar-refractivity contribution in [2.45, 2.75) is 11.3 Å². The normalized spacial score (nSPS) is 15.0. The van der Waals surface area contributed by atoms with E-state index < -0.39 is 10.0 Å². The summed E-state index contributed by atoms with van der Waals surface area (Å²) in [5, 5.41) is 2.79. The Kier molecular flexibility index (Phi) is 6.73. The summed E-state index contributed by atoms with van der Waals surface area (Å²) in [6.07, 6.45) is 0.0207. The van der Waals surface area contributed by atoms with Crippen LogP contribution in [0.5, 0.6) is 11.5 Å². The van der Waals surface area contributed by atoms with Gasteiger partial charge in [0.05, 0.1) is 33.9 Å². The number of morpholine rings is 1. The third-order valence-corrected chi connectivity index (χ3v) is 6.45. The van der Waals surface area contributed by atoms with Crippen LogP contribution in [0, 0.1) is 0 Å². The summed E-state index contributed by atoms with van der Waals surface area (Å²) in [5.74, 6) is 0.609. The second kappa shape index (κ2) is 9.25. The molecule has 0 radical (unpaired) electrons. The summed E-state index contributed by atoms with van der Waals surface area (Å²) >= 11 is 0. The van der Waals surface area contributed by atoms with E-state index >= 15 is 0 Å². The van der Waals surface area contributed by atoms with Crippen LogP contribution in [0.25, 0.3) is 0 Å². The Balaban J connectivity index is 1.79. The molecule has 0 unspecified atom stereocenters. The lowest BCUT2D eigenvalue weighted by atomic mass is 10.1. The smallest absolute Gasteiger partial charge is 0.246 e. The van der Waals surface area contributed by atoms with Gasteiger partial charge in [0.1, 0.15) is 16.4 Å². The highest BCUT2D eigenvalue weighted by atomic mass is 32.2. The molecule has 29 heavy (non-hydrogen) atoms. The maximum absolute atomic E-state index is 13.0. The molecule has 2 aromatic rings. The number of sulfonamides is 1. The van der Waals surface area contributed by atoms with Gasteiger partial charge in [0, 0.05) is 24.8 Å². The fraction of sp³-hybridized carbons (Fsp3) is 0.350. The van der Waals surface area contributed by atoms with Crippen molar-refractivity contribution in [3.63, 3.8) is 0 Å². The molecule has 156 valence electrons. The van der Waals surface area contributed by atoms with E-state index in [1.54, 1.807) is 43.5 Å². The zero-order valence-electron chi connectivity index (χ0n) is 16.4. The predicted molar refractivity (Wildman–Crippen MR) is 108 cm³/mol. The van der Waals surface area contributed by atoms with Gasteiger partial charge in [-0.3, -0.25) is 4.79 Å². The standard InChI is InChI=1S/C20H24N2O6S/c1-26-17-5-3-4-16(14-17)21-20(23)13-15-6-7-18(27-2)19(12-15)29(24,25)22-8-10-28-11-9-22/h3-7,12,14H,8-11,13H2,1-2H3,(H,21,23). The number of anilines is 1. The molecule has 1 heterocycles. The highest BCUT2D eigenvalue weighted by Crippen LogP contribution is 2.28. The lowest BCUT2D eigenvalue weighted by Gasteiger charge is -2.26. The average Bonchev–Trinajstić information content (AvgIpc) is 2.74. The van der Waals surface area contributed by atoms with Crippen LogP contribution >= 0.6 is 0 Å². The highest BCUT2D eigenvalue weighted by Gasteiger charge is 2.29. The van der Waals surface area contributed by atoms with Gasteiger partial charge in [-0.15, -0.1) is 0 Å². The molecule has 1 fully saturated rings. The van der Waals surface area contributed by atoms with E-state index in [1.807, 2.05) is 0 Å². The Morgan fingerprint density at radius 2 is 1.86 bits per heavy atom. The topological polar surface area (TPSA) is 94.2 Å². The van der Waals surface area contributed by atoms with Gasteiger partial charge in [-0.05, 0) is 29.8 Å². The van der Waals surface area contributed by atoms with Gasteiger partial charge in [0.2, 0.25) is 15.9 Å². The van der Waals surface area contributed by atoms with Crippen LogP contribution in [-0.2, 0) is 26.0 Å². The summed E-state index contributed by atoms with van der Waals surface area (Å²) in [7, 11) is -0.781. The van der Waals surface area contributed by atoms with Gasteiger partial charge in [-0.2, -0.15) is 4.31 Å². The number of hydrogen-bond acceptors (Lipinski definition) is 6. The molecule has 2 aromatic carbocycles. The van der Waals surface area contributed by atoms with Crippen LogP contribution in [0.3, 0.4) is 0 Å². The van der Waals surface area contributed by atoms with E-state index in [9.17, 15) is 13.2 Å². The van der Waals surface area contributed by atoms with E-state index in [4.69, 9.17) is 14.2 Å². The second-order valence-electron chi connectivity index (χ2n) is 6.46. The molecule has 8 nitrogen and oxygen atoms in total. The van der Waals surface area contributed by atoms with E-state index in [-0.39, 0.29) is 36.1 Å². The Morgan fingerprint density at radius 1 is 1.10 bits per heavy atom. The van der Waals surface area contributed by atoms with Gasteiger partial charge in [-0.1, -0.05) is 12.1 Å². The third kappa shape index (κ3) is 5.06. The van der Waals surface area contributed by atoms with E-state index in [0.29, 0.717) is 30.2 Å². The molecule has 1 N–H and O–H groups in total. The number of nitrogens with zero attached hydrogens (tertiary/aromatic N) is 1. The van der Waals surface area contributed by atoms with E-state index in [0.717, 1.165) is 0 Å². The fourth-order valence-electron chi connectivity index (χ4n) is 3.05. The molecule has 0 aromatic heterocycles. The maximum atomic E-state index is 13.0. The van der Waals surface area contributed by atoms with Crippen molar-refractivity contribution >= 4 is 21.6 Å². The number of ether oxygens (including phenoxy) is 3. The largest absolute Gasteiger partial charge is 0.497 e. The molecule has 0 spiro atoms. The monoisotopic (exact) mass is 420 g/mol. The van der Waals surface area contributed by atoms with Gasteiger partial charge in [0.25, 0.3) is 0 Å². The summed E-state index contributed by atoms with van der Waals surface area (Å²) in [4.78, 5) is 12.5. The lowest BCUT2D eigenvalue weighted by Crippen LogP contribution is -2.40. The lowest BCUT2D eigenvalue weighted by molar-refractivity contribution is -0.115. The molecule has 0 saturated carbocycles. The van der Waals surface area contributed by atoms with Crippen molar-refractivity contribution in [3.8, 4) is 11.5 Å². The predicted octanol–water partition coefficient (Wildman–Crippen LogP) is 1.91. The zero-order valence-corrected chi connectivity index (χ0v) is 17.2. The minimum absolute atomic E-state index is 0.0207. The molecule has 1 amide bonds. The van der Waals surface area contributed by atoms with Crippen LogP contribution in [0.2, 0.25) is 0 Å². The molecule has 9 heteroatoms. The average molecular weight is 420 g/mol. The molecule has 1 aliphatic rings. The van der Waals surface area contributed by atoms with Crippen LogP contribution in [0.1, 0.15) is 5.56 Å². The molecule has 0 bridgehead atoms. The van der Waals surface area contributed by atoms with E-state index in [1.165, 1.54) is 17.5 Å². The summed E-state index contributed by atoms with van der Waals surface area (Å²) < 4.78 is 43.1. The van der Waals surface area contributed by atoms with Crippen LogP contribution in [0.15, 0.2) is 47.4 Å². The molecule has 0 aliphatic carbocycles. The number of hydrogen-bond donors (Lipinski definition) is 1. The van der Waals surface area contributed by atoms with Crippen LogP contribution < -0.4 is 14.8 Å². The van der Waals surface area contributed by atoms with Crippen molar-refractivity contribution in [1.29, 1.82) is 0 Å². The molecular formula is C20H24N2O6S. The first kappa shape index (κ1) is 21.1. The van der Waals surface area contributed by atoms with Crippen LogP contribution in [0.4, 0.5) is 5.69 Å². The Bertz CT molecular complexity index is 971. The minimum Gasteiger partial charge on any atom is -0.497 e. The number of benzene rings is 2. The number of carbonyl (C=O) groups excluding carboxylic acids is 1.